The van der Waals surface area contributed by atoms with E-state index in [0.717, 1.165) is 5.56 Å². The summed E-state index contributed by atoms with van der Waals surface area (Å²) in [7, 11) is 0. The number of carbonyl (C=O) groups is 1. The van der Waals surface area contributed by atoms with E-state index in [-0.39, 0.29) is 22.6 Å². The lowest BCUT2D eigenvalue weighted by Gasteiger charge is -2.14. The van der Waals surface area contributed by atoms with Crippen LogP contribution in [0.3, 0.4) is 0 Å². The van der Waals surface area contributed by atoms with Crippen molar-refractivity contribution >= 4 is 40.7 Å². The Balaban J connectivity index is 1.70. The number of hydrogen-bond donors (Lipinski definition) is 3. The molecule has 2 rings (SSSR count). The first kappa shape index (κ1) is 20.0. The SMILES string of the molecule is CCOc1ccccc1NC(=S)NNC(=O)CSCc1ccc(F)cc1. The van der Waals surface area contributed by atoms with Gasteiger partial charge in [0.25, 0.3) is 0 Å². The molecule has 5 nitrogen and oxygen atoms in total. The standard InChI is InChI=1S/C18H20FN3O2S2/c1-2-24-16-6-4-3-5-15(16)20-18(25)22-21-17(23)12-26-11-13-7-9-14(19)10-8-13/h3-10H,2,11-12H2,1H3,(H,21,23)(H2,20,22,25). The highest BCUT2D eigenvalue weighted by Crippen LogP contribution is 2.23. The van der Waals surface area contributed by atoms with Crippen LogP contribution in [0, 0.1) is 5.82 Å². The molecular formula is C18H20FN3O2S2. The number of amides is 1. The lowest BCUT2D eigenvalue weighted by molar-refractivity contribution is -0.119. The molecule has 2 aromatic carbocycles. The summed E-state index contributed by atoms with van der Waals surface area (Å²) in [4.78, 5) is 11.8. The van der Waals surface area contributed by atoms with Crippen molar-refractivity contribution in [2.24, 2.45) is 0 Å². The highest BCUT2D eigenvalue weighted by Gasteiger charge is 2.06. The smallest absolute Gasteiger partial charge is 0.248 e. The van der Waals surface area contributed by atoms with Gasteiger partial charge in [0.2, 0.25) is 5.91 Å². The van der Waals surface area contributed by atoms with Gasteiger partial charge in [-0.3, -0.25) is 15.6 Å². The zero-order valence-electron chi connectivity index (χ0n) is 14.3. The molecule has 0 aliphatic carbocycles. The van der Waals surface area contributed by atoms with Crippen LogP contribution in [0.1, 0.15) is 12.5 Å². The first-order valence-electron chi connectivity index (χ1n) is 7.98. The molecule has 0 aliphatic rings. The Morgan fingerprint density at radius 3 is 2.62 bits per heavy atom. The molecule has 0 aromatic heterocycles. The third-order valence-electron chi connectivity index (χ3n) is 3.17. The fourth-order valence-electron chi connectivity index (χ4n) is 2.01. The van der Waals surface area contributed by atoms with Crippen LogP contribution in [-0.4, -0.2) is 23.4 Å². The van der Waals surface area contributed by atoms with E-state index in [2.05, 4.69) is 16.2 Å². The van der Waals surface area contributed by atoms with Gasteiger partial charge in [-0.25, -0.2) is 4.39 Å². The van der Waals surface area contributed by atoms with Crippen LogP contribution in [-0.2, 0) is 10.5 Å². The molecule has 3 N–H and O–H groups in total. The second kappa shape index (κ2) is 10.6. The van der Waals surface area contributed by atoms with Crippen LogP contribution in [0.5, 0.6) is 5.75 Å². The molecule has 138 valence electrons. The molecule has 0 saturated heterocycles. The van der Waals surface area contributed by atoms with Gasteiger partial charge in [0.05, 0.1) is 18.0 Å². The van der Waals surface area contributed by atoms with E-state index in [0.29, 0.717) is 23.8 Å². The molecule has 0 atom stereocenters. The quantitative estimate of drug-likeness (QED) is 0.495. The van der Waals surface area contributed by atoms with E-state index in [1.807, 2.05) is 31.2 Å². The first-order valence-corrected chi connectivity index (χ1v) is 9.54. The van der Waals surface area contributed by atoms with Crippen molar-refractivity contribution < 1.29 is 13.9 Å². The molecule has 0 bridgehead atoms. The van der Waals surface area contributed by atoms with Crippen LogP contribution < -0.4 is 20.9 Å². The number of carbonyl (C=O) groups excluding carboxylic acids is 1. The summed E-state index contributed by atoms with van der Waals surface area (Å²) < 4.78 is 18.3. The van der Waals surface area contributed by atoms with Crippen molar-refractivity contribution in [3.63, 3.8) is 0 Å². The fraction of sp³-hybridized carbons (Fsp3) is 0.222. The third-order valence-corrected chi connectivity index (χ3v) is 4.37. The Labute approximate surface area is 161 Å². The topological polar surface area (TPSA) is 62.4 Å². The van der Waals surface area contributed by atoms with Crippen molar-refractivity contribution in [3.05, 3.63) is 59.9 Å². The molecule has 0 saturated carbocycles. The molecule has 0 unspecified atom stereocenters. The molecule has 2 aromatic rings. The van der Waals surface area contributed by atoms with E-state index in [9.17, 15) is 9.18 Å². The Morgan fingerprint density at radius 2 is 1.88 bits per heavy atom. The van der Waals surface area contributed by atoms with Gasteiger partial charge in [-0.05, 0) is 49.0 Å². The van der Waals surface area contributed by atoms with Gasteiger partial charge in [-0.2, -0.15) is 0 Å². The summed E-state index contributed by atoms with van der Waals surface area (Å²) in [6.07, 6.45) is 0. The number of benzene rings is 2. The van der Waals surface area contributed by atoms with Gasteiger partial charge < -0.3 is 10.1 Å². The largest absolute Gasteiger partial charge is 0.492 e. The number of ether oxygens (including phenoxy) is 1. The summed E-state index contributed by atoms with van der Waals surface area (Å²) >= 11 is 6.59. The number of thiocarbonyl (C=S) groups is 1. The molecule has 1 amide bonds. The third kappa shape index (κ3) is 6.89. The van der Waals surface area contributed by atoms with E-state index < -0.39 is 0 Å². The Bertz CT molecular complexity index is 741. The van der Waals surface area contributed by atoms with Crippen molar-refractivity contribution in [2.75, 3.05) is 17.7 Å². The average Bonchev–Trinajstić information content (AvgIpc) is 2.63. The molecular weight excluding hydrogens is 373 g/mol. The van der Waals surface area contributed by atoms with Crippen molar-refractivity contribution in [2.45, 2.75) is 12.7 Å². The maximum absolute atomic E-state index is 12.8. The van der Waals surface area contributed by atoms with Crippen molar-refractivity contribution in [1.29, 1.82) is 0 Å². The monoisotopic (exact) mass is 393 g/mol. The fourth-order valence-corrected chi connectivity index (χ4v) is 2.96. The summed E-state index contributed by atoms with van der Waals surface area (Å²) in [5, 5.41) is 3.23. The van der Waals surface area contributed by atoms with E-state index in [1.165, 1.54) is 23.9 Å². The molecule has 0 fully saturated rings. The number of anilines is 1. The minimum Gasteiger partial charge on any atom is -0.492 e. The van der Waals surface area contributed by atoms with Gasteiger partial charge in [-0.15, -0.1) is 11.8 Å². The number of hydrazine groups is 1. The summed E-state index contributed by atoms with van der Waals surface area (Å²) in [6.45, 7) is 2.44. The lowest BCUT2D eigenvalue weighted by Crippen LogP contribution is -2.44. The molecule has 8 heteroatoms. The highest BCUT2D eigenvalue weighted by atomic mass is 32.2. The molecule has 0 aliphatic heterocycles. The predicted molar refractivity (Wildman–Crippen MR) is 108 cm³/mol. The van der Waals surface area contributed by atoms with E-state index in [4.69, 9.17) is 17.0 Å². The Kier molecular flexibility index (Phi) is 8.17. The number of para-hydroxylation sites is 2. The van der Waals surface area contributed by atoms with Crippen molar-refractivity contribution in [3.8, 4) is 5.75 Å². The van der Waals surface area contributed by atoms with Gasteiger partial charge in [0.1, 0.15) is 11.6 Å². The van der Waals surface area contributed by atoms with Gasteiger partial charge >= 0.3 is 0 Å². The van der Waals surface area contributed by atoms with Crippen LogP contribution in [0.25, 0.3) is 0 Å². The molecule has 0 spiro atoms. The Morgan fingerprint density at radius 1 is 1.15 bits per heavy atom. The minimum atomic E-state index is -0.271. The number of thioether (sulfide) groups is 1. The summed E-state index contributed by atoms with van der Waals surface area (Å²) in [5.41, 5.74) is 6.87. The maximum atomic E-state index is 12.8. The van der Waals surface area contributed by atoms with Gasteiger partial charge in [0.15, 0.2) is 5.11 Å². The summed E-state index contributed by atoms with van der Waals surface area (Å²) in [6, 6.07) is 13.6. The number of nitrogens with one attached hydrogen (secondary N) is 3. The highest BCUT2D eigenvalue weighted by molar-refractivity contribution is 7.99. The predicted octanol–water partition coefficient (Wildman–Crippen LogP) is 3.48. The maximum Gasteiger partial charge on any atom is 0.248 e. The van der Waals surface area contributed by atoms with Crippen LogP contribution in [0.4, 0.5) is 10.1 Å². The van der Waals surface area contributed by atoms with Crippen molar-refractivity contribution in [1.82, 2.24) is 10.9 Å². The zero-order valence-corrected chi connectivity index (χ0v) is 15.9. The first-order chi connectivity index (χ1) is 12.6. The second-order valence-corrected chi connectivity index (χ2v) is 6.57. The van der Waals surface area contributed by atoms with Crippen LogP contribution in [0.15, 0.2) is 48.5 Å². The van der Waals surface area contributed by atoms with Gasteiger partial charge in [0, 0.05) is 5.75 Å². The Hall–Kier alpha value is -2.32. The van der Waals surface area contributed by atoms with Gasteiger partial charge in [-0.1, -0.05) is 24.3 Å². The number of hydrogen-bond acceptors (Lipinski definition) is 4. The van der Waals surface area contributed by atoms with E-state index in [1.54, 1.807) is 12.1 Å². The molecule has 0 radical (unpaired) electrons. The summed E-state index contributed by atoms with van der Waals surface area (Å²) in [5.74, 6) is 1.08. The van der Waals surface area contributed by atoms with Crippen LogP contribution in [0.2, 0.25) is 0 Å². The molecule has 26 heavy (non-hydrogen) atoms. The number of rotatable bonds is 7. The minimum absolute atomic E-state index is 0.209. The van der Waals surface area contributed by atoms with E-state index >= 15 is 0 Å². The zero-order chi connectivity index (χ0) is 18.8. The van der Waals surface area contributed by atoms with Crippen LogP contribution >= 0.6 is 24.0 Å². The normalized spacial score (nSPS) is 10.1. The average molecular weight is 394 g/mol. The molecule has 0 heterocycles. The number of halogens is 1. The lowest BCUT2D eigenvalue weighted by atomic mass is 10.2. The second-order valence-electron chi connectivity index (χ2n) is 5.18.